The maximum Gasteiger partial charge on any atom is 0.277 e. The highest BCUT2D eigenvalue weighted by atomic mass is 35.5. The van der Waals surface area contributed by atoms with Crippen LogP contribution in [0.1, 0.15) is 35.7 Å². The number of nitrogens with zero attached hydrogens (tertiary/aromatic N) is 6. The highest BCUT2D eigenvalue weighted by molar-refractivity contribution is 6.31. The van der Waals surface area contributed by atoms with Crippen molar-refractivity contribution >= 4 is 23.2 Å². The van der Waals surface area contributed by atoms with Crippen molar-refractivity contribution in [1.29, 1.82) is 0 Å². The van der Waals surface area contributed by atoms with E-state index in [-0.39, 0.29) is 17.2 Å². The molecule has 0 saturated carbocycles. The minimum Gasteiger partial charge on any atom is -0.336 e. The monoisotopic (exact) mass is 600 g/mol. The Bertz CT molecular complexity index is 1700. The summed E-state index contributed by atoms with van der Waals surface area (Å²) in [6.45, 7) is 5.08. The lowest BCUT2D eigenvalue weighted by atomic mass is 10.0. The van der Waals surface area contributed by atoms with Gasteiger partial charge in [0, 0.05) is 67.1 Å². The number of hydrogen-bond donors (Lipinski definition) is 0. The van der Waals surface area contributed by atoms with Crippen LogP contribution in [0.3, 0.4) is 0 Å². The molecule has 0 aliphatic carbocycles. The van der Waals surface area contributed by atoms with E-state index in [9.17, 15) is 19.7 Å². The molecular weight excluding hydrogens is 568 g/mol. The molecule has 1 saturated heterocycles. The Morgan fingerprint density at radius 3 is 2.56 bits per heavy atom. The maximum atomic E-state index is 14.1. The molecule has 4 aromatic rings. The number of carbonyl (C=O) groups is 1. The lowest BCUT2D eigenvalue weighted by molar-refractivity contribution is -0.384. The van der Waals surface area contributed by atoms with Crippen LogP contribution >= 0.6 is 11.6 Å². The zero-order chi connectivity index (χ0) is 29.9. The van der Waals surface area contributed by atoms with Crippen LogP contribution in [0.2, 0.25) is 5.02 Å². The van der Waals surface area contributed by atoms with Gasteiger partial charge in [-0.25, -0.2) is 0 Å². The fourth-order valence-corrected chi connectivity index (χ4v) is 6.36. The Balaban J connectivity index is 1.27. The number of fused-ring (bicyclic) bond motifs is 1. The van der Waals surface area contributed by atoms with E-state index in [2.05, 4.69) is 14.7 Å². The Morgan fingerprint density at radius 1 is 1.02 bits per heavy atom. The van der Waals surface area contributed by atoms with Crippen molar-refractivity contribution < 1.29 is 9.72 Å². The molecule has 2 aliphatic heterocycles. The van der Waals surface area contributed by atoms with Gasteiger partial charge >= 0.3 is 0 Å². The smallest absolute Gasteiger partial charge is 0.277 e. The number of benzene rings is 2. The molecule has 0 radical (unpaired) electrons. The Labute approximate surface area is 254 Å². The molecule has 1 amide bonds. The van der Waals surface area contributed by atoms with Crippen molar-refractivity contribution in [3.05, 3.63) is 115 Å². The minimum absolute atomic E-state index is 0.149. The number of rotatable bonds is 9. The van der Waals surface area contributed by atoms with Gasteiger partial charge in [0.25, 0.3) is 11.2 Å². The van der Waals surface area contributed by atoms with Crippen molar-refractivity contribution in [2.45, 2.75) is 44.8 Å². The third-order valence-corrected chi connectivity index (χ3v) is 8.70. The van der Waals surface area contributed by atoms with Crippen LogP contribution < -0.4 is 5.56 Å². The first kappa shape index (κ1) is 28.8. The average molecular weight is 601 g/mol. The standard InChI is InChI=1S/C32H33ClN6O4/c33-26-8-9-29(39(42)43)27(20-26)24-10-15-37(31(40)19-24)30(18-23-6-2-1-3-7-23)32(41)36-14-11-28-25(22-36)21-34-38(28)17-16-35-12-4-5-13-35/h1-3,6-10,15,19-21,30H,4-5,11-14,16-18,22H2. The summed E-state index contributed by atoms with van der Waals surface area (Å²) >= 11 is 6.13. The summed E-state index contributed by atoms with van der Waals surface area (Å²) in [6, 6.07) is 16.0. The van der Waals surface area contributed by atoms with Gasteiger partial charge in [-0.05, 0) is 55.3 Å². The number of hydrogen-bond acceptors (Lipinski definition) is 6. The molecule has 1 unspecified atom stereocenters. The van der Waals surface area contributed by atoms with Gasteiger partial charge in [-0.3, -0.25) is 24.4 Å². The first-order valence-corrected chi connectivity index (χ1v) is 15.0. The number of amides is 1. The molecule has 2 aromatic carbocycles. The summed E-state index contributed by atoms with van der Waals surface area (Å²) < 4.78 is 3.51. The molecule has 43 heavy (non-hydrogen) atoms. The maximum absolute atomic E-state index is 14.1. The van der Waals surface area contributed by atoms with E-state index in [1.807, 2.05) is 41.4 Å². The topological polar surface area (TPSA) is 107 Å². The third kappa shape index (κ3) is 6.25. The first-order chi connectivity index (χ1) is 20.9. The van der Waals surface area contributed by atoms with Crippen molar-refractivity contribution in [3.8, 4) is 11.1 Å². The molecule has 1 fully saturated rings. The fourth-order valence-electron chi connectivity index (χ4n) is 6.19. The van der Waals surface area contributed by atoms with E-state index in [0.29, 0.717) is 36.5 Å². The van der Waals surface area contributed by atoms with Gasteiger partial charge in [0.1, 0.15) is 6.04 Å². The lowest BCUT2D eigenvalue weighted by Crippen LogP contribution is -2.43. The fraction of sp³-hybridized carbons (Fsp3) is 0.344. The van der Waals surface area contributed by atoms with Crippen molar-refractivity contribution in [3.63, 3.8) is 0 Å². The van der Waals surface area contributed by atoms with E-state index in [1.165, 1.54) is 47.4 Å². The molecule has 0 bridgehead atoms. The number of aromatic nitrogens is 3. The summed E-state index contributed by atoms with van der Waals surface area (Å²) in [5.74, 6) is -0.150. The summed E-state index contributed by atoms with van der Waals surface area (Å²) in [6.07, 6.45) is 6.96. The van der Waals surface area contributed by atoms with Crippen molar-refractivity contribution in [1.82, 2.24) is 24.1 Å². The predicted molar refractivity (Wildman–Crippen MR) is 164 cm³/mol. The molecule has 6 rings (SSSR count). The van der Waals surface area contributed by atoms with Crippen LogP contribution in [-0.2, 0) is 30.7 Å². The van der Waals surface area contributed by atoms with E-state index >= 15 is 0 Å². The Hall–Kier alpha value is -4.28. The highest BCUT2D eigenvalue weighted by Crippen LogP contribution is 2.32. The normalized spacial score (nSPS) is 15.8. The molecular formula is C32H33ClN6O4. The number of halogens is 1. The lowest BCUT2D eigenvalue weighted by Gasteiger charge is -2.32. The zero-order valence-corrected chi connectivity index (χ0v) is 24.5. The highest BCUT2D eigenvalue weighted by Gasteiger charge is 2.31. The number of nitro groups is 1. The summed E-state index contributed by atoms with van der Waals surface area (Å²) in [4.78, 5) is 43.1. The van der Waals surface area contributed by atoms with E-state index in [1.54, 1.807) is 12.3 Å². The molecule has 222 valence electrons. The Kier molecular flexibility index (Phi) is 8.40. The van der Waals surface area contributed by atoms with Crippen molar-refractivity contribution in [2.24, 2.45) is 0 Å². The number of likely N-dealkylation sites (tertiary alicyclic amines) is 1. The zero-order valence-electron chi connectivity index (χ0n) is 23.8. The summed E-state index contributed by atoms with van der Waals surface area (Å²) in [7, 11) is 0. The molecule has 2 aromatic heterocycles. The molecule has 4 heterocycles. The van der Waals surface area contributed by atoms with Gasteiger partial charge in [-0.2, -0.15) is 5.10 Å². The van der Waals surface area contributed by atoms with Crippen molar-refractivity contribution in [2.75, 3.05) is 26.2 Å². The summed E-state index contributed by atoms with van der Waals surface area (Å²) in [5, 5.41) is 16.6. The molecule has 11 heteroatoms. The number of carbonyl (C=O) groups excluding carboxylic acids is 1. The number of pyridine rings is 1. The van der Waals surface area contributed by atoms with Crippen LogP contribution in [0.15, 0.2) is 77.9 Å². The largest absolute Gasteiger partial charge is 0.336 e. The molecule has 1 atom stereocenters. The van der Waals surface area contributed by atoms with Gasteiger partial charge in [0.15, 0.2) is 0 Å². The number of nitro benzene ring substituents is 1. The van der Waals surface area contributed by atoms with Gasteiger partial charge in [0.2, 0.25) is 5.91 Å². The second kappa shape index (κ2) is 12.5. The molecule has 2 aliphatic rings. The second-order valence-corrected chi connectivity index (χ2v) is 11.6. The molecule has 0 N–H and O–H groups in total. The Morgan fingerprint density at radius 2 is 1.81 bits per heavy atom. The van der Waals surface area contributed by atoms with Gasteiger partial charge in [-0.15, -0.1) is 0 Å². The minimum atomic E-state index is -0.787. The first-order valence-electron chi connectivity index (χ1n) is 14.6. The second-order valence-electron chi connectivity index (χ2n) is 11.2. The van der Waals surface area contributed by atoms with E-state index in [0.717, 1.165) is 37.3 Å². The van der Waals surface area contributed by atoms with Crippen LogP contribution in [0.5, 0.6) is 0 Å². The average Bonchev–Trinajstić information content (AvgIpc) is 3.68. The van der Waals surface area contributed by atoms with E-state index in [4.69, 9.17) is 11.6 Å². The molecule has 10 nitrogen and oxygen atoms in total. The third-order valence-electron chi connectivity index (χ3n) is 8.46. The molecule has 0 spiro atoms. The van der Waals surface area contributed by atoms with Crippen LogP contribution in [0.25, 0.3) is 11.1 Å². The SMILES string of the molecule is O=C(C(Cc1ccccc1)n1ccc(-c2cc(Cl)ccc2[N+](=O)[O-])cc1=O)N1CCc2c(cnn2CCN2CCCC2)C1. The predicted octanol–water partition coefficient (Wildman–Crippen LogP) is 4.74. The summed E-state index contributed by atoms with van der Waals surface area (Å²) in [5.41, 5.74) is 3.18. The van der Waals surface area contributed by atoms with Gasteiger partial charge < -0.3 is 14.4 Å². The van der Waals surface area contributed by atoms with Gasteiger partial charge in [-0.1, -0.05) is 41.9 Å². The van der Waals surface area contributed by atoms with E-state index < -0.39 is 16.5 Å². The van der Waals surface area contributed by atoms with Crippen LogP contribution in [0.4, 0.5) is 5.69 Å². The van der Waals surface area contributed by atoms with Gasteiger partial charge in [0.05, 0.1) is 23.2 Å². The van der Waals surface area contributed by atoms with Crippen LogP contribution in [0, 0.1) is 10.1 Å². The quantitative estimate of drug-likeness (QED) is 0.203. The van der Waals surface area contributed by atoms with Crippen LogP contribution in [-0.4, -0.2) is 61.2 Å².